The second-order valence-electron chi connectivity index (χ2n) is 6.68. The van der Waals surface area contributed by atoms with Gasteiger partial charge in [0.05, 0.1) is 7.11 Å². The van der Waals surface area contributed by atoms with E-state index in [1.54, 1.807) is 75.6 Å². The van der Waals surface area contributed by atoms with Crippen molar-refractivity contribution < 1.29 is 24.2 Å². The predicted octanol–water partition coefficient (Wildman–Crippen LogP) is 2.69. The van der Waals surface area contributed by atoms with Crippen LogP contribution < -0.4 is 15.4 Å². The average Bonchev–Trinajstić information content (AvgIpc) is 2.71. The van der Waals surface area contributed by atoms with Gasteiger partial charge >= 0.3 is 5.97 Å². The maximum absolute atomic E-state index is 12.8. The van der Waals surface area contributed by atoms with Gasteiger partial charge in [0.25, 0.3) is 11.8 Å². The molecule has 0 aliphatic heterocycles. The van der Waals surface area contributed by atoms with E-state index in [0.717, 1.165) is 0 Å². The summed E-state index contributed by atoms with van der Waals surface area (Å²) < 4.78 is 5.11. The predicted molar refractivity (Wildman–Crippen MR) is 109 cm³/mol. The number of aliphatic carboxylic acids is 1. The zero-order valence-corrected chi connectivity index (χ0v) is 16.5. The van der Waals surface area contributed by atoms with Gasteiger partial charge in [-0.2, -0.15) is 0 Å². The highest BCUT2D eigenvalue weighted by molar-refractivity contribution is 6.06. The van der Waals surface area contributed by atoms with Crippen LogP contribution in [0.15, 0.2) is 60.3 Å². The summed E-state index contributed by atoms with van der Waals surface area (Å²) in [7, 11) is 1.54. The number of nitrogens with one attached hydrogen (secondary N) is 2. The van der Waals surface area contributed by atoms with Gasteiger partial charge in [-0.1, -0.05) is 44.2 Å². The molecule has 0 aliphatic carbocycles. The highest BCUT2D eigenvalue weighted by atomic mass is 16.5. The van der Waals surface area contributed by atoms with Crippen LogP contribution in [0, 0.1) is 5.92 Å². The van der Waals surface area contributed by atoms with Crippen LogP contribution in [-0.4, -0.2) is 36.0 Å². The standard InChI is InChI=1S/C22H24N2O5/c1-14(2)19(22(27)28)24-21(26)18(13-15-9-11-17(29-3)12-10-15)23-20(25)16-7-5-4-6-8-16/h4-14,19H,1-3H3,(H,23,25)(H,24,26)(H,27,28)/b18-13+/t19-/m1/s1. The van der Waals surface area contributed by atoms with Gasteiger partial charge in [0, 0.05) is 5.56 Å². The van der Waals surface area contributed by atoms with E-state index in [-0.39, 0.29) is 11.6 Å². The molecule has 2 aromatic rings. The van der Waals surface area contributed by atoms with Gasteiger partial charge in [-0.15, -0.1) is 0 Å². The molecule has 2 rings (SSSR count). The van der Waals surface area contributed by atoms with Gasteiger partial charge in [-0.25, -0.2) is 4.79 Å². The number of hydrogen-bond acceptors (Lipinski definition) is 4. The Hall–Kier alpha value is -3.61. The number of amides is 2. The summed E-state index contributed by atoms with van der Waals surface area (Å²) in [5.41, 5.74) is 0.955. The molecule has 0 fully saturated rings. The highest BCUT2D eigenvalue weighted by Gasteiger charge is 2.25. The smallest absolute Gasteiger partial charge is 0.326 e. The zero-order valence-electron chi connectivity index (χ0n) is 16.5. The molecular weight excluding hydrogens is 372 g/mol. The number of benzene rings is 2. The fraction of sp³-hybridized carbons (Fsp3) is 0.227. The van der Waals surface area contributed by atoms with E-state index in [1.807, 2.05) is 0 Å². The topological polar surface area (TPSA) is 105 Å². The Labute approximate surface area is 169 Å². The van der Waals surface area contributed by atoms with Gasteiger partial charge in [-0.3, -0.25) is 9.59 Å². The van der Waals surface area contributed by atoms with Crippen LogP contribution in [0.25, 0.3) is 6.08 Å². The molecule has 152 valence electrons. The first kappa shape index (κ1) is 21.7. The van der Waals surface area contributed by atoms with E-state index in [4.69, 9.17) is 4.74 Å². The first-order valence-corrected chi connectivity index (χ1v) is 9.07. The summed E-state index contributed by atoms with van der Waals surface area (Å²) in [6, 6.07) is 14.2. The number of carbonyl (C=O) groups is 3. The Kier molecular flexibility index (Phi) is 7.54. The Bertz CT molecular complexity index is 889. The third-order valence-electron chi connectivity index (χ3n) is 4.17. The third-order valence-corrected chi connectivity index (χ3v) is 4.17. The average molecular weight is 396 g/mol. The summed E-state index contributed by atoms with van der Waals surface area (Å²) in [6.07, 6.45) is 1.48. The van der Waals surface area contributed by atoms with Crippen LogP contribution in [0.3, 0.4) is 0 Å². The lowest BCUT2D eigenvalue weighted by Crippen LogP contribution is -2.47. The van der Waals surface area contributed by atoms with Crippen molar-refractivity contribution in [3.05, 3.63) is 71.4 Å². The number of carbonyl (C=O) groups excluding carboxylic acids is 2. The van der Waals surface area contributed by atoms with Crippen molar-refractivity contribution in [1.29, 1.82) is 0 Å². The van der Waals surface area contributed by atoms with Gasteiger partial charge in [0.1, 0.15) is 17.5 Å². The molecule has 7 nitrogen and oxygen atoms in total. The van der Waals surface area contributed by atoms with E-state index in [0.29, 0.717) is 16.9 Å². The van der Waals surface area contributed by atoms with Crippen molar-refractivity contribution in [1.82, 2.24) is 10.6 Å². The fourth-order valence-electron chi connectivity index (χ4n) is 2.54. The minimum atomic E-state index is -1.15. The summed E-state index contributed by atoms with van der Waals surface area (Å²) in [5.74, 6) is -2.00. The molecular formula is C22H24N2O5. The van der Waals surface area contributed by atoms with Crippen LogP contribution in [0.4, 0.5) is 0 Å². The minimum Gasteiger partial charge on any atom is -0.497 e. The molecule has 0 bridgehead atoms. The van der Waals surface area contributed by atoms with Crippen LogP contribution in [0.2, 0.25) is 0 Å². The molecule has 0 heterocycles. The van der Waals surface area contributed by atoms with Gasteiger partial charge < -0.3 is 20.5 Å². The normalized spacial score (nSPS) is 12.2. The Balaban J connectivity index is 2.33. The maximum atomic E-state index is 12.8. The van der Waals surface area contributed by atoms with Crippen LogP contribution in [0.1, 0.15) is 29.8 Å². The molecule has 2 amide bonds. The number of carboxylic acid groups (broad SMARTS) is 1. The molecule has 2 aromatic carbocycles. The first-order valence-electron chi connectivity index (χ1n) is 9.07. The van der Waals surface area contributed by atoms with Crippen molar-refractivity contribution in [3.8, 4) is 5.75 Å². The number of rotatable bonds is 8. The number of carboxylic acids is 1. The van der Waals surface area contributed by atoms with Crippen molar-refractivity contribution in [2.75, 3.05) is 7.11 Å². The Morgan fingerprint density at radius 1 is 1.00 bits per heavy atom. The quantitative estimate of drug-likeness (QED) is 0.595. The molecule has 3 N–H and O–H groups in total. The molecule has 0 aromatic heterocycles. The molecule has 29 heavy (non-hydrogen) atoms. The molecule has 0 saturated heterocycles. The molecule has 1 atom stereocenters. The van der Waals surface area contributed by atoms with Crippen molar-refractivity contribution in [3.63, 3.8) is 0 Å². The van der Waals surface area contributed by atoms with E-state index in [1.165, 1.54) is 6.08 Å². The van der Waals surface area contributed by atoms with Crippen molar-refractivity contribution >= 4 is 23.9 Å². The van der Waals surface area contributed by atoms with Gasteiger partial charge in [-0.05, 0) is 41.8 Å². The molecule has 7 heteroatoms. The molecule has 0 unspecified atom stereocenters. The summed E-state index contributed by atoms with van der Waals surface area (Å²) in [6.45, 7) is 3.38. The molecule has 0 spiro atoms. The van der Waals surface area contributed by atoms with Crippen LogP contribution in [-0.2, 0) is 9.59 Å². The van der Waals surface area contributed by atoms with E-state index in [2.05, 4.69) is 10.6 Å². The number of ether oxygens (including phenoxy) is 1. The number of methoxy groups -OCH3 is 1. The van der Waals surface area contributed by atoms with Gasteiger partial charge in [0.15, 0.2) is 0 Å². The summed E-state index contributed by atoms with van der Waals surface area (Å²) in [4.78, 5) is 36.7. The van der Waals surface area contributed by atoms with Gasteiger partial charge in [0.2, 0.25) is 0 Å². The monoisotopic (exact) mass is 396 g/mol. The first-order chi connectivity index (χ1) is 13.8. The van der Waals surface area contributed by atoms with Crippen molar-refractivity contribution in [2.24, 2.45) is 5.92 Å². The summed E-state index contributed by atoms with van der Waals surface area (Å²) >= 11 is 0. The van der Waals surface area contributed by atoms with E-state index < -0.39 is 23.8 Å². The zero-order chi connectivity index (χ0) is 21.4. The SMILES string of the molecule is COc1ccc(/C=C(/NC(=O)c2ccccc2)C(=O)N[C@@H](C(=O)O)C(C)C)cc1. The third kappa shape index (κ3) is 6.21. The number of hydrogen-bond donors (Lipinski definition) is 3. The Morgan fingerprint density at radius 3 is 2.14 bits per heavy atom. The lowest BCUT2D eigenvalue weighted by molar-refractivity contribution is -0.142. The van der Waals surface area contributed by atoms with E-state index >= 15 is 0 Å². The Morgan fingerprint density at radius 2 is 1.62 bits per heavy atom. The van der Waals surface area contributed by atoms with Crippen molar-refractivity contribution in [2.45, 2.75) is 19.9 Å². The molecule has 0 saturated carbocycles. The van der Waals surface area contributed by atoms with E-state index in [9.17, 15) is 19.5 Å². The summed E-state index contributed by atoms with van der Waals surface area (Å²) in [5, 5.41) is 14.4. The molecule has 0 aliphatic rings. The van der Waals surface area contributed by atoms with Crippen LogP contribution in [0.5, 0.6) is 5.75 Å². The highest BCUT2D eigenvalue weighted by Crippen LogP contribution is 2.14. The lowest BCUT2D eigenvalue weighted by atomic mass is 10.0. The maximum Gasteiger partial charge on any atom is 0.326 e. The largest absolute Gasteiger partial charge is 0.497 e. The fourth-order valence-corrected chi connectivity index (χ4v) is 2.54. The molecule has 0 radical (unpaired) electrons. The lowest BCUT2D eigenvalue weighted by Gasteiger charge is -2.19. The second-order valence-corrected chi connectivity index (χ2v) is 6.68. The van der Waals surface area contributed by atoms with Crippen LogP contribution >= 0.6 is 0 Å². The minimum absolute atomic E-state index is 0.0593. The second kappa shape index (κ2) is 10.1.